The highest BCUT2D eigenvalue weighted by Crippen LogP contribution is 2.45. The molecule has 0 unspecified atom stereocenters. The largest absolute Gasteiger partial charge is 0.310 e. The van der Waals surface area contributed by atoms with Gasteiger partial charge in [-0.2, -0.15) is 0 Å². The Kier molecular flexibility index (Phi) is 7.55. The molecule has 0 atom stereocenters. The van der Waals surface area contributed by atoms with Crippen molar-refractivity contribution in [3.05, 3.63) is 237 Å². The van der Waals surface area contributed by atoms with Crippen molar-refractivity contribution in [2.45, 2.75) is 0 Å². The van der Waals surface area contributed by atoms with E-state index >= 15 is 0 Å². The Morgan fingerprint density at radius 3 is 1.15 bits per heavy atom. The van der Waals surface area contributed by atoms with Gasteiger partial charge in [0.1, 0.15) is 0 Å². The lowest BCUT2D eigenvalue weighted by molar-refractivity contribution is 1.16. The number of hydrogen-bond donors (Lipinski definition) is 0. The molecule has 0 bridgehead atoms. The van der Waals surface area contributed by atoms with Crippen LogP contribution in [0.5, 0.6) is 0 Å². The number of para-hydroxylation sites is 4. The smallest absolute Gasteiger partial charge is 0.252 e. The van der Waals surface area contributed by atoms with Crippen molar-refractivity contribution in [2.24, 2.45) is 0 Å². The fourth-order valence-corrected chi connectivity index (χ4v) is 11.8. The van der Waals surface area contributed by atoms with E-state index in [9.17, 15) is 0 Å². The van der Waals surface area contributed by atoms with Crippen molar-refractivity contribution in [3.8, 4) is 11.4 Å². The van der Waals surface area contributed by atoms with Gasteiger partial charge in [0.05, 0.1) is 22.1 Å². The highest BCUT2D eigenvalue weighted by Gasteiger charge is 2.41. The van der Waals surface area contributed by atoms with Crippen LogP contribution in [-0.2, 0) is 0 Å². The summed E-state index contributed by atoms with van der Waals surface area (Å²) < 4.78 is 5.16. The van der Waals surface area contributed by atoms with Crippen molar-refractivity contribution < 1.29 is 0 Å². The molecule has 0 saturated heterocycles. The summed E-state index contributed by atoms with van der Waals surface area (Å²) in [5.41, 5.74) is 18.2. The quantitative estimate of drug-likeness (QED) is 0.155. The second-order valence-corrected chi connectivity index (χ2v) is 18.1. The van der Waals surface area contributed by atoms with E-state index in [1.165, 1.54) is 92.9 Å². The molecule has 0 aliphatic carbocycles. The molecule has 0 radical (unpaired) electrons. The predicted molar refractivity (Wildman–Crippen MR) is 284 cm³/mol. The van der Waals surface area contributed by atoms with Crippen molar-refractivity contribution in [2.75, 3.05) is 9.80 Å². The van der Waals surface area contributed by atoms with Crippen molar-refractivity contribution in [1.29, 1.82) is 0 Å². The van der Waals surface area contributed by atoms with E-state index < -0.39 is 0 Å². The van der Waals surface area contributed by atoms with Gasteiger partial charge in [0.15, 0.2) is 0 Å². The third-order valence-electron chi connectivity index (χ3n) is 14.6. The van der Waals surface area contributed by atoms with E-state index in [-0.39, 0.29) is 6.71 Å². The Morgan fingerprint density at radius 1 is 0.284 bits per heavy atom. The maximum absolute atomic E-state index is 2.58. The Bertz CT molecular complexity index is 3920. The highest BCUT2D eigenvalue weighted by atomic mass is 15.2. The minimum atomic E-state index is -0.00962. The Hall–Kier alpha value is -8.80. The normalized spacial score (nSPS) is 12.4. The highest BCUT2D eigenvalue weighted by molar-refractivity contribution is 7.00. The van der Waals surface area contributed by atoms with Gasteiger partial charge in [-0.25, -0.2) is 0 Å². The fourth-order valence-electron chi connectivity index (χ4n) is 11.8. The molecule has 4 nitrogen and oxygen atoms in total. The van der Waals surface area contributed by atoms with Gasteiger partial charge in [0.25, 0.3) is 6.71 Å². The van der Waals surface area contributed by atoms with Crippen LogP contribution in [0.2, 0.25) is 0 Å². The first kappa shape index (κ1) is 36.5. The average Bonchev–Trinajstić information content (AvgIpc) is 3.91. The third kappa shape index (κ3) is 5.19. The molecule has 11 aromatic carbocycles. The van der Waals surface area contributed by atoms with Crippen LogP contribution in [0.4, 0.5) is 34.1 Å². The lowest BCUT2D eigenvalue weighted by atomic mass is 9.34. The first-order valence-corrected chi connectivity index (χ1v) is 23.2. The molecule has 15 rings (SSSR count). The second kappa shape index (κ2) is 13.9. The Morgan fingerprint density at radius 2 is 0.672 bits per heavy atom. The standard InChI is InChI=1S/C62H39BN4/c1-3-19-44(20-4-1)64(46-29-27-40-15-7-9-17-42(40)35-46)48-31-33-54-58(37-48)66-56-25-13-11-23-50(56)52-39-53-51-24-12-14-26-57(51)67-59-38-49(32-34-55(59)63(54)60(61(52)66)62(53)67)65(45-21-5-2-6-22-45)47-30-28-41-16-8-10-18-43(41)36-47/h1-39H. The molecule has 0 fully saturated rings. The number of anilines is 6. The van der Waals surface area contributed by atoms with Crippen LogP contribution < -0.4 is 26.2 Å². The van der Waals surface area contributed by atoms with Gasteiger partial charge >= 0.3 is 0 Å². The average molecular weight is 851 g/mol. The predicted octanol–water partition coefficient (Wildman–Crippen LogP) is 14.3. The van der Waals surface area contributed by atoms with E-state index in [2.05, 4.69) is 256 Å². The fraction of sp³-hybridized carbons (Fsp3) is 0. The van der Waals surface area contributed by atoms with Crippen LogP contribution >= 0.6 is 0 Å². The van der Waals surface area contributed by atoms with Gasteiger partial charge in [-0.1, -0.05) is 146 Å². The van der Waals surface area contributed by atoms with Crippen LogP contribution in [-0.4, -0.2) is 15.8 Å². The summed E-state index contributed by atoms with van der Waals surface area (Å²) in [7, 11) is 0. The molecule has 0 spiro atoms. The summed E-state index contributed by atoms with van der Waals surface area (Å²) in [5, 5.41) is 10.0. The lowest BCUT2D eigenvalue weighted by Gasteiger charge is -2.35. The third-order valence-corrected chi connectivity index (χ3v) is 14.6. The molecular formula is C62H39BN4. The summed E-state index contributed by atoms with van der Waals surface area (Å²) in [5.74, 6) is 0. The van der Waals surface area contributed by atoms with Crippen LogP contribution in [0.3, 0.4) is 0 Å². The number of hydrogen-bond acceptors (Lipinski definition) is 2. The maximum atomic E-state index is 2.58. The summed E-state index contributed by atoms with van der Waals surface area (Å²) in [6.45, 7) is -0.00962. The zero-order valence-electron chi connectivity index (χ0n) is 36.4. The molecule has 0 N–H and O–H groups in total. The number of nitrogens with zero attached hydrogens (tertiary/aromatic N) is 4. The molecule has 13 aromatic rings. The summed E-state index contributed by atoms with van der Waals surface area (Å²) in [4.78, 5) is 4.83. The van der Waals surface area contributed by atoms with Crippen molar-refractivity contribution in [3.63, 3.8) is 0 Å². The van der Waals surface area contributed by atoms with E-state index in [1.807, 2.05) is 0 Å². The second-order valence-electron chi connectivity index (χ2n) is 18.1. The molecular weight excluding hydrogens is 812 g/mol. The Labute approximate surface area is 387 Å². The van der Waals surface area contributed by atoms with Crippen LogP contribution in [0.1, 0.15) is 0 Å². The van der Waals surface area contributed by atoms with Crippen molar-refractivity contribution >= 4 is 122 Å². The molecule has 2 aliphatic heterocycles. The van der Waals surface area contributed by atoms with Crippen LogP contribution in [0.15, 0.2) is 237 Å². The molecule has 67 heavy (non-hydrogen) atoms. The first-order valence-electron chi connectivity index (χ1n) is 23.2. The monoisotopic (exact) mass is 850 g/mol. The van der Waals surface area contributed by atoms with E-state index in [1.54, 1.807) is 0 Å². The van der Waals surface area contributed by atoms with E-state index in [4.69, 9.17) is 0 Å². The zero-order valence-corrected chi connectivity index (χ0v) is 36.4. The van der Waals surface area contributed by atoms with Crippen molar-refractivity contribution in [1.82, 2.24) is 9.13 Å². The number of rotatable bonds is 6. The Balaban J connectivity index is 1.02. The summed E-state index contributed by atoms with van der Waals surface area (Å²) >= 11 is 0. The zero-order chi connectivity index (χ0) is 43.7. The molecule has 5 heteroatoms. The molecule has 310 valence electrons. The molecule has 0 saturated carbocycles. The van der Waals surface area contributed by atoms with Gasteiger partial charge in [-0.05, 0) is 129 Å². The summed E-state index contributed by atoms with van der Waals surface area (Å²) in [6, 6.07) is 87.5. The van der Waals surface area contributed by atoms with Crippen LogP contribution in [0, 0.1) is 0 Å². The first-order chi connectivity index (χ1) is 33.2. The van der Waals surface area contributed by atoms with E-state index in [0.29, 0.717) is 0 Å². The molecule has 0 amide bonds. The minimum Gasteiger partial charge on any atom is -0.310 e. The number of benzene rings is 11. The molecule has 4 heterocycles. The number of aromatic nitrogens is 2. The maximum Gasteiger partial charge on any atom is 0.252 e. The topological polar surface area (TPSA) is 16.3 Å². The minimum absolute atomic E-state index is 0.00962. The van der Waals surface area contributed by atoms with Gasteiger partial charge in [0.2, 0.25) is 0 Å². The number of fused-ring (bicyclic) bond motifs is 14. The molecule has 2 aromatic heterocycles. The molecule has 2 aliphatic rings. The van der Waals surface area contributed by atoms with Crippen LogP contribution in [0.25, 0.3) is 76.5 Å². The van der Waals surface area contributed by atoms with Gasteiger partial charge in [0, 0.05) is 67.0 Å². The SMILES string of the molecule is c1ccc(N(c2ccc3c(c2)-n2c4ccccc4c4cc5c6ccccc6n6c5c(c42)B3c2ccc(N(c3ccccc3)c3ccc4ccccc4c3)cc2-6)c2ccc3ccccc3c2)cc1. The van der Waals surface area contributed by atoms with E-state index in [0.717, 1.165) is 34.1 Å². The van der Waals surface area contributed by atoms with Gasteiger partial charge in [-0.15, -0.1) is 0 Å². The van der Waals surface area contributed by atoms with Gasteiger partial charge < -0.3 is 18.9 Å². The van der Waals surface area contributed by atoms with Gasteiger partial charge in [-0.3, -0.25) is 0 Å². The summed E-state index contributed by atoms with van der Waals surface area (Å²) in [6.07, 6.45) is 0. The lowest BCUT2D eigenvalue weighted by Crippen LogP contribution is -2.59.